The van der Waals surface area contributed by atoms with Crippen LogP contribution < -0.4 is 10.1 Å². The molecule has 0 atom stereocenters. The minimum atomic E-state index is -0.191. The van der Waals surface area contributed by atoms with Gasteiger partial charge in [0.05, 0.1) is 19.2 Å². The fourth-order valence-corrected chi connectivity index (χ4v) is 2.59. The molecule has 6 heteroatoms. The molecule has 5 nitrogen and oxygen atoms in total. The number of hydrogen-bond donors (Lipinski definition) is 1. The fraction of sp³-hybridized carbons (Fsp3) is 0.267. The van der Waals surface area contributed by atoms with Gasteiger partial charge in [-0.2, -0.15) is 0 Å². The summed E-state index contributed by atoms with van der Waals surface area (Å²) in [5, 5.41) is 5.18. The SMILES string of the molecule is COc1ccc(C(C)=O)cc1CC(=O)Nc1nc(C)cs1. The smallest absolute Gasteiger partial charge is 0.230 e. The van der Waals surface area contributed by atoms with E-state index in [2.05, 4.69) is 10.3 Å². The number of ether oxygens (including phenoxy) is 1. The molecule has 1 aromatic carbocycles. The molecule has 0 radical (unpaired) electrons. The number of benzene rings is 1. The lowest BCUT2D eigenvalue weighted by Crippen LogP contribution is -2.15. The van der Waals surface area contributed by atoms with Gasteiger partial charge in [0.25, 0.3) is 0 Å². The van der Waals surface area contributed by atoms with Crippen LogP contribution in [0.2, 0.25) is 0 Å². The molecule has 21 heavy (non-hydrogen) atoms. The summed E-state index contributed by atoms with van der Waals surface area (Å²) in [6, 6.07) is 5.08. The van der Waals surface area contributed by atoms with Gasteiger partial charge in [0, 0.05) is 16.5 Å². The normalized spacial score (nSPS) is 10.2. The van der Waals surface area contributed by atoms with E-state index in [4.69, 9.17) is 4.74 Å². The Morgan fingerprint density at radius 1 is 1.38 bits per heavy atom. The van der Waals surface area contributed by atoms with Crippen molar-refractivity contribution in [1.29, 1.82) is 0 Å². The molecule has 2 aromatic rings. The largest absolute Gasteiger partial charge is 0.496 e. The van der Waals surface area contributed by atoms with E-state index in [9.17, 15) is 9.59 Å². The van der Waals surface area contributed by atoms with Gasteiger partial charge in [-0.1, -0.05) is 0 Å². The quantitative estimate of drug-likeness (QED) is 0.862. The number of carbonyl (C=O) groups is 2. The van der Waals surface area contributed by atoms with Crippen molar-refractivity contribution in [3.8, 4) is 5.75 Å². The molecule has 0 unspecified atom stereocenters. The number of hydrogen-bond acceptors (Lipinski definition) is 5. The molecule has 1 amide bonds. The third kappa shape index (κ3) is 3.88. The third-order valence-corrected chi connectivity index (χ3v) is 3.78. The molecule has 2 rings (SSSR count). The number of aryl methyl sites for hydroxylation is 1. The van der Waals surface area contributed by atoms with Crippen molar-refractivity contribution in [2.45, 2.75) is 20.3 Å². The molecule has 110 valence electrons. The molecule has 0 aliphatic heterocycles. The Hall–Kier alpha value is -2.21. The third-order valence-electron chi connectivity index (χ3n) is 2.90. The average molecular weight is 304 g/mol. The number of thiazole rings is 1. The second kappa shape index (κ2) is 6.49. The van der Waals surface area contributed by atoms with Gasteiger partial charge in [0.2, 0.25) is 5.91 Å². The van der Waals surface area contributed by atoms with Crippen molar-refractivity contribution in [1.82, 2.24) is 4.98 Å². The van der Waals surface area contributed by atoms with Crippen LogP contribution in [0.4, 0.5) is 5.13 Å². The van der Waals surface area contributed by atoms with E-state index in [1.807, 2.05) is 12.3 Å². The van der Waals surface area contributed by atoms with Crippen LogP contribution in [0.25, 0.3) is 0 Å². The van der Waals surface area contributed by atoms with Crippen molar-refractivity contribution in [3.05, 3.63) is 40.4 Å². The Balaban J connectivity index is 2.15. The number of nitrogens with one attached hydrogen (secondary N) is 1. The van der Waals surface area contributed by atoms with Crippen LogP contribution in [0.1, 0.15) is 28.5 Å². The number of ketones is 1. The van der Waals surface area contributed by atoms with E-state index >= 15 is 0 Å². The van der Waals surface area contributed by atoms with Crippen molar-refractivity contribution in [3.63, 3.8) is 0 Å². The van der Waals surface area contributed by atoms with E-state index in [-0.39, 0.29) is 18.1 Å². The zero-order chi connectivity index (χ0) is 15.4. The van der Waals surface area contributed by atoms with Gasteiger partial charge >= 0.3 is 0 Å². The minimum Gasteiger partial charge on any atom is -0.496 e. The number of nitrogens with zero attached hydrogens (tertiary/aromatic N) is 1. The van der Waals surface area contributed by atoms with Crippen LogP contribution in [0.5, 0.6) is 5.75 Å². The van der Waals surface area contributed by atoms with Gasteiger partial charge in [0.1, 0.15) is 5.75 Å². The molecule has 0 fully saturated rings. The van der Waals surface area contributed by atoms with Crippen molar-refractivity contribution in [2.24, 2.45) is 0 Å². The van der Waals surface area contributed by atoms with Gasteiger partial charge in [-0.3, -0.25) is 9.59 Å². The Kier molecular flexibility index (Phi) is 4.70. The predicted molar refractivity (Wildman–Crippen MR) is 82.2 cm³/mol. The highest BCUT2D eigenvalue weighted by atomic mass is 32.1. The van der Waals surface area contributed by atoms with E-state index < -0.39 is 0 Å². The summed E-state index contributed by atoms with van der Waals surface area (Å²) >= 11 is 1.38. The van der Waals surface area contributed by atoms with Gasteiger partial charge < -0.3 is 10.1 Å². The summed E-state index contributed by atoms with van der Waals surface area (Å²) in [7, 11) is 1.54. The molecule has 0 bridgehead atoms. The first-order valence-corrected chi connectivity index (χ1v) is 7.27. The zero-order valence-corrected chi connectivity index (χ0v) is 12.9. The Morgan fingerprint density at radius 3 is 2.71 bits per heavy atom. The number of methoxy groups -OCH3 is 1. The maximum atomic E-state index is 12.1. The van der Waals surface area contributed by atoms with Gasteiger partial charge in [-0.05, 0) is 32.0 Å². The fourth-order valence-electron chi connectivity index (χ4n) is 1.88. The van der Waals surface area contributed by atoms with Crippen LogP contribution in [0, 0.1) is 6.92 Å². The molecular weight excluding hydrogens is 288 g/mol. The highest BCUT2D eigenvalue weighted by Crippen LogP contribution is 2.22. The topological polar surface area (TPSA) is 68.3 Å². The summed E-state index contributed by atoms with van der Waals surface area (Å²) in [5.74, 6) is 0.351. The summed E-state index contributed by atoms with van der Waals surface area (Å²) in [6.45, 7) is 3.36. The number of aromatic nitrogens is 1. The predicted octanol–water partition coefficient (Wildman–Crippen LogP) is 2.84. The van der Waals surface area contributed by atoms with Crippen LogP contribution >= 0.6 is 11.3 Å². The molecular formula is C15H16N2O3S. The van der Waals surface area contributed by atoms with Crippen LogP contribution in [-0.2, 0) is 11.2 Å². The lowest BCUT2D eigenvalue weighted by molar-refractivity contribution is -0.115. The zero-order valence-electron chi connectivity index (χ0n) is 12.1. The first kappa shape index (κ1) is 15.2. The number of rotatable bonds is 5. The molecule has 1 N–H and O–H groups in total. The van der Waals surface area contributed by atoms with Gasteiger partial charge in [0.15, 0.2) is 10.9 Å². The first-order chi connectivity index (χ1) is 9.99. The lowest BCUT2D eigenvalue weighted by Gasteiger charge is -2.09. The molecule has 0 aliphatic carbocycles. The molecule has 0 saturated heterocycles. The Bertz CT molecular complexity index is 679. The monoisotopic (exact) mass is 304 g/mol. The Morgan fingerprint density at radius 2 is 2.14 bits per heavy atom. The van der Waals surface area contributed by atoms with E-state index in [0.29, 0.717) is 22.0 Å². The van der Waals surface area contributed by atoms with Gasteiger partial charge in [-0.25, -0.2) is 4.98 Å². The average Bonchev–Trinajstić information content (AvgIpc) is 2.83. The number of carbonyl (C=O) groups excluding carboxylic acids is 2. The number of Topliss-reactive ketones (excluding diaryl/α,β-unsaturated/α-hetero) is 1. The van der Waals surface area contributed by atoms with E-state index in [1.54, 1.807) is 18.2 Å². The van der Waals surface area contributed by atoms with Crippen LogP contribution in [0.15, 0.2) is 23.6 Å². The van der Waals surface area contributed by atoms with Crippen LogP contribution in [0.3, 0.4) is 0 Å². The van der Waals surface area contributed by atoms with Crippen molar-refractivity contribution >= 4 is 28.2 Å². The minimum absolute atomic E-state index is 0.0464. The summed E-state index contributed by atoms with van der Waals surface area (Å²) < 4.78 is 5.23. The maximum Gasteiger partial charge on any atom is 0.230 e. The second-order valence-corrected chi connectivity index (χ2v) is 5.46. The highest BCUT2D eigenvalue weighted by molar-refractivity contribution is 7.13. The lowest BCUT2D eigenvalue weighted by atomic mass is 10.0. The second-order valence-electron chi connectivity index (χ2n) is 4.60. The molecule has 0 spiro atoms. The molecule has 0 aliphatic rings. The van der Waals surface area contributed by atoms with Crippen molar-refractivity contribution in [2.75, 3.05) is 12.4 Å². The first-order valence-electron chi connectivity index (χ1n) is 6.39. The molecule has 1 aromatic heterocycles. The van der Waals surface area contributed by atoms with E-state index in [0.717, 1.165) is 5.69 Å². The molecule has 1 heterocycles. The standard InChI is InChI=1S/C15H16N2O3S/c1-9-8-21-15(16-9)17-14(19)7-12-6-11(10(2)18)4-5-13(12)20-3/h4-6,8H,7H2,1-3H3,(H,16,17,19). The van der Waals surface area contributed by atoms with Crippen molar-refractivity contribution < 1.29 is 14.3 Å². The van der Waals surface area contributed by atoms with E-state index in [1.165, 1.54) is 25.4 Å². The Labute approximate surface area is 127 Å². The number of anilines is 1. The maximum absolute atomic E-state index is 12.1. The van der Waals surface area contributed by atoms with Crippen LogP contribution in [-0.4, -0.2) is 23.8 Å². The van der Waals surface area contributed by atoms with Gasteiger partial charge in [-0.15, -0.1) is 11.3 Å². The summed E-state index contributed by atoms with van der Waals surface area (Å²) in [4.78, 5) is 27.7. The molecule has 0 saturated carbocycles. The summed E-state index contributed by atoms with van der Waals surface area (Å²) in [6.07, 6.45) is 0.128. The number of amides is 1. The highest BCUT2D eigenvalue weighted by Gasteiger charge is 2.12. The summed E-state index contributed by atoms with van der Waals surface area (Å²) in [5.41, 5.74) is 2.10.